The van der Waals surface area contributed by atoms with Gasteiger partial charge in [-0.15, -0.1) is 6.58 Å². The lowest BCUT2D eigenvalue weighted by Gasteiger charge is -2.46. The molecule has 0 aromatic carbocycles. The number of ketones is 1. The second-order valence-corrected chi connectivity index (χ2v) is 5.28. The highest BCUT2D eigenvalue weighted by molar-refractivity contribution is 5.91. The molecule has 0 unspecified atom stereocenters. The second-order valence-electron chi connectivity index (χ2n) is 5.28. The highest BCUT2D eigenvalue weighted by Gasteiger charge is 2.47. The van der Waals surface area contributed by atoms with E-state index in [4.69, 9.17) is 4.74 Å². The van der Waals surface area contributed by atoms with E-state index >= 15 is 0 Å². The number of hydrogen-bond acceptors (Lipinski definition) is 3. The van der Waals surface area contributed by atoms with E-state index in [1.807, 2.05) is 6.08 Å². The summed E-state index contributed by atoms with van der Waals surface area (Å²) in [4.78, 5) is 22.8. The fourth-order valence-electron chi connectivity index (χ4n) is 3.35. The Morgan fingerprint density at radius 2 is 2.39 bits per heavy atom. The van der Waals surface area contributed by atoms with Crippen LogP contribution in [0.4, 0.5) is 0 Å². The Morgan fingerprint density at radius 1 is 1.61 bits per heavy atom. The minimum absolute atomic E-state index is 0.0962. The maximum atomic E-state index is 11.6. The summed E-state index contributed by atoms with van der Waals surface area (Å²) in [5.41, 5.74) is 0.996. The highest BCUT2D eigenvalue weighted by atomic mass is 16.5. The molecule has 0 bridgehead atoms. The zero-order valence-corrected chi connectivity index (χ0v) is 10.9. The molecule has 0 N–H and O–H groups in total. The lowest BCUT2D eigenvalue weighted by molar-refractivity contribution is -0.154. The molecule has 1 saturated carbocycles. The highest BCUT2D eigenvalue weighted by Crippen LogP contribution is 2.50. The third-order valence-electron chi connectivity index (χ3n) is 4.14. The Morgan fingerprint density at radius 3 is 3.06 bits per heavy atom. The largest absolute Gasteiger partial charge is 0.462 e. The average molecular weight is 248 g/mol. The summed E-state index contributed by atoms with van der Waals surface area (Å²) in [5.74, 6) is -0.0326. The van der Waals surface area contributed by atoms with E-state index in [9.17, 15) is 9.59 Å². The van der Waals surface area contributed by atoms with Crippen molar-refractivity contribution in [1.82, 2.24) is 0 Å². The SMILES string of the molecule is C=CC[C@]12CCC(=O)C=C1CCC[C@@H]2OC(C)=O. The first-order valence-electron chi connectivity index (χ1n) is 6.60. The summed E-state index contributed by atoms with van der Waals surface area (Å²) in [6.45, 7) is 5.27. The molecule has 0 heterocycles. The van der Waals surface area contributed by atoms with Gasteiger partial charge in [0.25, 0.3) is 0 Å². The first-order chi connectivity index (χ1) is 8.58. The van der Waals surface area contributed by atoms with E-state index < -0.39 is 0 Å². The number of ether oxygens (including phenoxy) is 1. The van der Waals surface area contributed by atoms with Crippen molar-refractivity contribution < 1.29 is 14.3 Å². The zero-order chi connectivity index (χ0) is 13.2. The topological polar surface area (TPSA) is 43.4 Å². The molecule has 98 valence electrons. The molecule has 3 heteroatoms. The molecule has 2 rings (SSSR count). The van der Waals surface area contributed by atoms with Crippen LogP contribution >= 0.6 is 0 Å². The standard InChI is InChI=1S/C15H20O3/c1-3-8-15-9-7-13(17)10-12(15)5-4-6-14(15)18-11(2)16/h3,10,14H,1,4-9H2,2H3/t14-,15-/m0/s1. The summed E-state index contributed by atoms with van der Waals surface area (Å²) in [6.07, 6.45) is 8.49. The van der Waals surface area contributed by atoms with Gasteiger partial charge in [-0.05, 0) is 38.2 Å². The van der Waals surface area contributed by atoms with Gasteiger partial charge in [-0.2, -0.15) is 0 Å². The zero-order valence-electron chi connectivity index (χ0n) is 10.9. The van der Waals surface area contributed by atoms with E-state index in [1.54, 1.807) is 6.08 Å². The fourth-order valence-corrected chi connectivity index (χ4v) is 3.35. The van der Waals surface area contributed by atoms with Crippen LogP contribution in [0.5, 0.6) is 0 Å². The van der Waals surface area contributed by atoms with Gasteiger partial charge in [0.1, 0.15) is 6.10 Å². The minimum atomic E-state index is -0.235. The number of fused-ring (bicyclic) bond motifs is 1. The number of rotatable bonds is 3. The van der Waals surface area contributed by atoms with Crippen molar-refractivity contribution in [3.63, 3.8) is 0 Å². The molecule has 2 atom stereocenters. The third kappa shape index (κ3) is 2.26. The smallest absolute Gasteiger partial charge is 0.302 e. The van der Waals surface area contributed by atoms with Crippen LogP contribution in [0.25, 0.3) is 0 Å². The Bertz CT molecular complexity index is 408. The number of allylic oxidation sites excluding steroid dienone is 2. The summed E-state index contributed by atoms with van der Waals surface area (Å²) in [5, 5.41) is 0. The Labute approximate surface area is 108 Å². The van der Waals surface area contributed by atoms with Gasteiger partial charge in [0, 0.05) is 18.8 Å². The van der Waals surface area contributed by atoms with Crippen LogP contribution in [0.15, 0.2) is 24.3 Å². The normalized spacial score (nSPS) is 31.3. The van der Waals surface area contributed by atoms with Crippen LogP contribution in [0.1, 0.15) is 45.4 Å². The van der Waals surface area contributed by atoms with Gasteiger partial charge in [-0.3, -0.25) is 9.59 Å². The van der Waals surface area contributed by atoms with Gasteiger partial charge in [-0.1, -0.05) is 11.6 Å². The van der Waals surface area contributed by atoms with Gasteiger partial charge in [0.05, 0.1) is 0 Å². The predicted octanol–water partition coefficient (Wildman–Crippen LogP) is 2.95. The van der Waals surface area contributed by atoms with Crippen molar-refractivity contribution in [3.05, 3.63) is 24.3 Å². The Kier molecular flexibility index (Phi) is 3.69. The number of esters is 1. The third-order valence-corrected chi connectivity index (χ3v) is 4.14. The number of carbonyl (C=O) groups excluding carboxylic acids is 2. The molecule has 3 nitrogen and oxygen atoms in total. The quantitative estimate of drug-likeness (QED) is 0.569. The molecule has 2 aliphatic carbocycles. The molecule has 2 aliphatic rings. The van der Waals surface area contributed by atoms with E-state index in [2.05, 4.69) is 6.58 Å². The molecule has 0 radical (unpaired) electrons. The monoisotopic (exact) mass is 248 g/mol. The van der Waals surface area contributed by atoms with Crippen LogP contribution < -0.4 is 0 Å². The summed E-state index contributed by atoms with van der Waals surface area (Å²) in [7, 11) is 0. The van der Waals surface area contributed by atoms with Gasteiger partial charge in [0.15, 0.2) is 5.78 Å². The van der Waals surface area contributed by atoms with Crippen molar-refractivity contribution in [3.8, 4) is 0 Å². The molecule has 0 aliphatic heterocycles. The fraction of sp³-hybridized carbons (Fsp3) is 0.600. The van der Waals surface area contributed by atoms with Gasteiger partial charge in [0.2, 0.25) is 0 Å². The maximum absolute atomic E-state index is 11.6. The molecular weight excluding hydrogens is 228 g/mol. The van der Waals surface area contributed by atoms with E-state index in [0.29, 0.717) is 6.42 Å². The second kappa shape index (κ2) is 5.09. The molecule has 18 heavy (non-hydrogen) atoms. The van der Waals surface area contributed by atoms with Crippen molar-refractivity contribution in [1.29, 1.82) is 0 Å². The van der Waals surface area contributed by atoms with Gasteiger partial charge in [-0.25, -0.2) is 0 Å². The molecule has 1 fully saturated rings. The van der Waals surface area contributed by atoms with E-state index in [-0.39, 0.29) is 23.3 Å². The lowest BCUT2D eigenvalue weighted by atomic mass is 9.61. The molecular formula is C15H20O3. The summed E-state index contributed by atoms with van der Waals surface area (Å²) < 4.78 is 5.51. The van der Waals surface area contributed by atoms with Crippen LogP contribution in [0.3, 0.4) is 0 Å². The first kappa shape index (κ1) is 13.1. The van der Waals surface area contributed by atoms with Crippen molar-refractivity contribution in [2.75, 3.05) is 0 Å². The Balaban J connectivity index is 2.35. The minimum Gasteiger partial charge on any atom is -0.462 e. The van der Waals surface area contributed by atoms with E-state index in [0.717, 1.165) is 37.7 Å². The van der Waals surface area contributed by atoms with Gasteiger partial charge < -0.3 is 4.74 Å². The van der Waals surface area contributed by atoms with Gasteiger partial charge >= 0.3 is 5.97 Å². The molecule has 0 spiro atoms. The number of carbonyl (C=O) groups is 2. The van der Waals surface area contributed by atoms with E-state index in [1.165, 1.54) is 6.92 Å². The van der Waals surface area contributed by atoms with Crippen LogP contribution in [-0.4, -0.2) is 17.9 Å². The molecule has 0 amide bonds. The predicted molar refractivity (Wildman–Crippen MR) is 69.0 cm³/mol. The Hall–Kier alpha value is -1.38. The molecule has 0 aromatic rings. The molecule has 0 saturated heterocycles. The maximum Gasteiger partial charge on any atom is 0.302 e. The van der Waals surface area contributed by atoms with Crippen molar-refractivity contribution in [2.45, 2.75) is 51.6 Å². The summed E-state index contributed by atoms with van der Waals surface area (Å²) in [6, 6.07) is 0. The van der Waals surface area contributed by atoms with Crippen LogP contribution in [0.2, 0.25) is 0 Å². The summed E-state index contributed by atoms with van der Waals surface area (Å²) >= 11 is 0. The van der Waals surface area contributed by atoms with Crippen molar-refractivity contribution >= 4 is 11.8 Å². The van der Waals surface area contributed by atoms with Crippen LogP contribution in [0, 0.1) is 5.41 Å². The van der Waals surface area contributed by atoms with Crippen molar-refractivity contribution in [2.24, 2.45) is 5.41 Å². The molecule has 0 aromatic heterocycles. The van der Waals surface area contributed by atoms with Crippen LogP contribution in [-0.2, 0) is 14.3 Å². The first-order valence-corrected chi connectivity index (χ1v) is 6.60. The number of hydrogen-bond donors (Lipinski definition) is 0. The average Bonchev–Trinajstić information content (AvgIpc) is 2.31. The lowest BCUT2D eigenvalue weighted by Crippen LogP contribution is -2.44.